The number of anilines is 1. The third-order valence-electron chi connectivity index (χ3n) is 1.63. The lowest BCUT2D eigenvalue weighted by Crippen LogP contribution is -2.17. The molecule has 17 heavy (non-hydrogen) atoms. The summed E-state index contributed by atoms with van der Waals surface area (Å²) >= 11 is 1.35. The van der Waals surface area contributed by atoms with Gasteiger partial charge in [0.05, 0.1) is 0 Å². The van der Waals surface area contributed by atoms with Crippen molar-refractivity contribution >= 4 is 17.6 Å². The second kappa shape index (κ2) is 6.65. The highest BCUT2D eigenvalue weighted by atomic mass is 32.2. The van der Waals surface area contributed by atoms with Crippen LogP contribution in [0.15, 0.2) is 17.4 Å². The molecule has 0 radical (unpaired) electrons. The smallest absolute Gasteiger partial charge is 0.381 e. The number of hydrogen-bond donors (Lipinski definition) is 1. The number of halogens is 3. The minimum Gasteiger partial charge on any atom is -0.381 e. The molecule has 0 bridgehead atoms. The summed E-state index contributed by atoms with van der Waals surface area (Å²) < 4.78 is 39.6. The Morgan fingerprint density at radius 2 is 2.00 bits per heavy atom. The summed E-state index contributed by atoms with van der Waals surface area (Å²) in [6.45, 7) is -1.14. The molecule has 0 aliphatic rings. The van der Waals surface area contributed by atoms with Crippen LogP contribution in [0.25, 0.3) is 0 Å². The van der Waals surface area contributed by atoms with Gasteiger partial charge in [-0.25, -0.2) is 9.97 Å². The SMILES string of the molecule is Nc1nccnc1SCCCOCC(F)(F)F. The Hall–Kier alpha value is -1.02. The minimum atomic E-state index is -4.26. The first-order chi connectivity index (χ1) is 7.99. The molecule has 1 aromatic heterocycles. The van der Waals surface area contributed by atoms with E-state index < -0.39 is 12.8 Å². The summed E-state index contributed by atoms with van der Waals surface area (Å²) in [7, 11) is 0. The fraction of sp³-hybridized carbons (Fsp3) is 0.556. The number of thioether (sulfide) groups is 1. The van der Waals surface area contributed by atoms with Gasteiger partial charge in [-0.2, -0.15) is 13.2 Å². The zero-order chi connectivity index (χ0) is 12.7. The lowest BCUT2D eigenvalue weighted by Gasteiger charge is -2.07. The van der Waals surface area contributed by atoms with E-state index in [-0.39, 0.29) is 6.61 Å². The van der Waals surface area contributed by atoms with Crippen molar-refractivity contribution in [2.45, 2.75) is 17.6 Å². The van der Waals surface area contributed by atoms with Crippen molar-refractivity contribution in [3.05, 3.63) is 12.4 Å². The van der Waals surface area contributed by atoms with Gasteiger partial charge in [-0.1, -0.05) is 0 Å². The Morgan fingerprint density at radius 1 is 1.29 bits per heavy atom. The van der Waals surface area contributed by atoms with E-state index in [1.807, 2.05) is 0 Å². The summed E-state index contributed by atoms with van der Waals surface area (Å²) in [4.78, 5) is 7.83. The van der Waals surface area contributed by atoms with Crippen molar-refractivity contribution in [3.63, 3.8) is 0 Å². The molecule has 2 N–H and O–H groups in total. The zero-order valence-electron chi connectivity index (χ0n) is 8.91. The fourth-order valence-corrected chi connectivity index (χ4v) is 1.76. The Kier molecular flexibility index (Phi) is 5.49. The Labute approximate surface area is 101 Å². The summed E-state index contributed by atoms with van der Waals surface area (Å²) in [5.41, 5.74) is 5.54. The molecule has 0 saturated carbocycles. The number of aromatic nitrogens is 2. The molecule has 96 valence electrons. The molecule has 0 atom stereocenters. The molecule has 1 rings (SSSR count). The number of nitrogens with zero attached hydrogens (tertiary/aromatic N) is 2. The molecular weight excluding hydrogens is 255 g/mol. The van der Waals surface area contributed by atoms with Gasteiger partial charge in [0.25, 0.3) is 0 Å². The lowest BCUT2D eigenvalue weighted by molar-refractivity contribution is -0.173. The number of nitrogen functional groups attached to an aromatic ring is 1. The largest absolute Gasteiger partial charge is 0.411 e. The number of hydrogen-bond acceptors (Lipinski definition) is 5. The van der Waals surface area contributed by atoms with Crippen LogP contribution in [-0.4, -0.2) is 35.1 Å². The summed E-state index contributed by atoms with van der Waals surface area (Å²) in [6, 6.07) is 0. The van der Waals surface area contributed by atoms with E-state index in [4.69, 9.17) is 5.73 Å². The molecule has 0 aliphatic carbocycles. The van der Waals surface area contributed by atoms with Crippen molar-refractivity contribution < 1.29 is 17.9 Å². The van der Waals surface area contributed by atoms with Gasteiger partial charge in [0, 0.05) is 24.8 Å². The van der Waals surface area contributed by atoms with Gasteiger partial charge in [-0.05, 0) is 6.42 Å². The van der Waals surface area contributed by atoms with Crippen molar-refractivity contribution in [3.8, 4) is 0 Å². The van der Waals surface area contributed by atoms with Crippen LogP contribution in [0.4, 0.5) is 19.0 Å². The highest BCUT2D eigenvalue weighted by Crippen LogP contribution is 2.20. The molecular formula is C9H12F3N3OS. The molecule has 0 aliphatic heterocycles. The van der Waals surface area contributed by atoms with Crippen molar-refractivity contribution in [2.75, 3.05) is 24.7 Å². The quantitative estimate of drug-likeness (QED) is 0.632. The molecule has 0 saturated heterocycles. The molecule has 0 amide bonds. The van der Waals surface area contributed by atoms with E-state index in [9.17, 15) is 13.2 Å². The maximum Gasteiger partial charge on any atom is 0.411 e. The first kappa shape index (κ1) is 14.0. The standard InChI is InChI=1S/C9H12F3N3OS/c10-9(11,12)6-16-4-1-5-17-8-7(13)14-2-3-15-8/h2-3H,1,4-6H2,(H2,13,14). The van der Waals surface area contributed by atoms with Gasteiger partial charge in [0.2, 0.25) is 0 Å². The predicted molar refractivity (Wildman–Crippen MR) is 58.7 cm³/mol. The molecule has 0 spiro atoms. The van der Waals surface area contributed by atoms with Crippen molar-refractivity contribution in [2.24, 2.45) is 0 Å². The zero-order valence-corrected chi connectivity index (χ0v) is 9.72. The number of rotatable bonds is 6. The van der Waals surface area contributed by atoms with E-state index in [0.29, 0.717) is 23.0 Å². The monoisotopic (exact) mass is 267 g/mol. The van der Waals surface area contributed by atoms with Crippen molar-refractivity contribution in [1.82, 2.24) is 9.97 Å². The van der Waals surface area contributed by atoms with Gasteiger partial charge < -0.3 is 10.5 Å². The lowest BCUT2D eigenvalue weighted by atomic mass is 10.5. The van der Waals surface area contributed by atoms with Crippen LogP contribution in [0.3, 0.4) is 0 Å². The highest BCUT2D eigenvalue weighted by molar-refractivity contribution is 7.99. The van der Waals surface area contributed by atoms with Crippen LogP contribution in [0, 0.1) is 0 Å². The Balaban J connectivity index is 2.11. The van der Waals surface area contributed by atoms with Crippen LogP contribution < -0.4 is 5.73 Å². The van der Waals surface area contributed by atoms with E-state index in [2.05, 4.69) is 14.7 Å². The molecule has 1 aromatic rings. The van der Waals surface area contributed by atoms with E-state index >= 15 is 0 Å². The van der Waals surface area contributed by atoms with Crippen LogP contribution in [0.1, 0.15) is 6.42 Å². The highest BCUT2D eigenvalue weighted by Gasteiger charge is 2.27. The van der Waals surface area contributed by atoms with E-state index in [0.717, 1.165) is 0 Å². The second-order valence-electron chi connectivity index (χ2n) is 3.12. The Morgan fingerprint density at radius 3 is 2.65 bits per heavy atom. The molecule has 0 aromatic carbocycles. The molecule has 8 heteroatoms. The van der Waals surface area contributed by atoms with Crippen molar-refractivity contribution in [1.29, 1.82) is 0 Å². The van der Waals surface area contributed by atoms with E-state index in [1.165, 1.54) is 24.2 Å². The minimum absolute atomic E-state index is 0.0622. The van der Waals surface area contributed by atoms with Gasteiger partial charge in [-0.3, -0.25) is 0 Å². The van der Waals surface area contributed by atoms with E-state index in [1.54, 1.807) is 0 Å². The summed E-state index contributed by atoms with van der Waals surface area (Å²) in [6.07, 6.45) is -0.774. The van der Waals surface area contributed by atoms with Crippen LogP contribution in [-0.2, 0) is 4.74 Å². The summed E-state index contributed by atoms with van der Waals surface area (Å²) in [5, 5.41) is 0.586. The first-order valence-electron chi connectivity index (χ1n) is 4.83. The molecule has 4 nitrogen and oxygen atoms in total. The molecule has 0 fully saturated rings. The molecule has 0 unspecified atom stereocenters. The second-order valence-corrected chi connectivity index (χ2v) is 4.20. The first-order valence-corrected chi connectivity index (χ1v) is 5.81. The maximum absolute atomic E-state index is 11.7. The topological polar surface area (TPSA) is 61.0 Å². The third kappa shape index (κ3) is 6.32. The van der Waals surface area contributed by atoms with Crippen LogP contribution in [0.2, 0.25) is 0 Å². The van der Waals surface area contributed by atoms with Gasteiger partial charge in [0.1, 0.15) is 11.6 Å². The van der Waals surface area contributed by atoms with Gasteiger partial charge >= 0.3 is 6.18 Å². The Bertz CT molecular complexity index is 349. The maximum atomic E-state index is 11.7. The van der Waals surface area contributed by atoms with Gasteiger partial charge in [-0.15, -0.1) is 11.8 Å². The summed E-state index contributed by atoms with van der Waals surface area (Å²) in [5.74, 6) is 0.912. The van der Waals surface area contributed by atoms with Crippen LogP contribution >= 0.6 is 11.8 Å². The number of nitrogens with two attached hydrogens (primary N) is 1. The normalized spacial score (nSPS) is 11.7. The van der Waals surface area contributed by atoms with Gasteiger partial charge in [0.15, 0.2) is 5.82 Å². The van der Waals surface area contributed by atoms with Crippen LogP contribution in [0.5, 0.6) is 0 Å². The number of alkyl halides is 3. The molecule has 1 heterocycles. The third-order valence-corrected chi connectivity index (χ3v) is 2.71. The number of ether oxygens (including phenoxy) is 1. The average Bonchev–Trinajstić information content (AvgIpc) is 2.24. The fourth-order valence-electron chi connectivity index (χ4n) is 0.965. The average molecular weight is 267 g/mol. The predicted octanol–water partition coefficient (Wildman–Crippen LogP) is 2.12.